The maximum absolute atomic E-state index is 13.5. The molecule has 0 spiro atoms. The minimum Gasteiger partial charge on any atom is -0.280 e. The van der Waals surface area contributed by atoms with Gasteiger partial charge in [0.25, 0.3) is 15.6 Å². The van der Waals surface area contributed by atoms with Crippen molar-refractivity contribution in [2.45, 2.75) is 4.90 Å². The van der Waals surface area contributed by atoms with Crippen molar-refractivity contribution in [2.24, 2.45) is 5.18 Å². The monoisotopic (exact) mass is 470 g/mol. The predicted molar refractivity (Wildman–Crippen MR) is 132 cm³/mol. The van der Waals surface area contributed by atoms with E-state index in [0.29, 0.717) is 16.6 Å². The molecule has 34 heavy (non-hydrogen) atoms. The van der Waals surface area contributed by atoms with Crippen LogP contribution in [0.5, 0.6) is 0 Å². The SMILES string of the molecule is O=Nc1ccccc1S(=O)(=O)Nc1ccc2c(c1)c(=O)n(-c1ccccc1)n2-c1ccccc1. The van der Waals surface area contributed by atoms with Crippen LogP contribution in [0.4, 0.5) is 11.4 Å². The first-order valence-corrected chi connectivity index (χ1v) is 11.8. The largest absolute Gasteiger partial charge is 0.280 e. The van der Waals surface area contributed by atoms with E-state index in [1.54, 1.807) is 21.5 Å². The van der Waals surface area contributed by atoms with E-state index in [1.807, 2.05) is 60.7 Å². The highest BCUT2D eigenvalue weighted by Gasteiger charge is 2.21. The van der Waals surface area contributed by atoms with Crippen LogP contribution >= 0.6 is 0 Å². The Morgan fingerprint density at radius 3 is 1.94 bits per heavy atom. The highest BCUT2D eigenvalue weighted by atomic mass is 32.2. The van der Waals surface area contributed by atoms with E-state index in [1.165, 1.54) is 30.3 Å². The summed E-state index contributed by atoms with van der Waals surface area (Å²) in [5, 5.41) is 3.13. The van der Waals surface area contributed by atoms with Crippen LogP contribution in [-0.4, -0.2) is 17.8 Å². The molecule has 168 valence electrons. The Morgan fingerprint density at radius 1 is 0.706 bits per heavy atom. The van der Waals surface area contributed by atoms with Gasteiger partial charge in [-0.25, -0.2) is 17.8 Å². The van der Waals surface area contributed by atoms with Gasteiger partial charge in [0.15, 0.2) is 0 Å². The van der Waals surface area contributed by atoms with E-state index in [4.69, 9.17) is 0 Å². The Hall–Kier alpha value is -4.50. The second-order valence-corrected chi connectivity index (χ2v) is 9.15. The summed E-state index contributed by atoms with van der Waals surface area (Å²) in [7, 11) is -4.10. The highest BCUT2D eigenvalue weighted by molar-refractivity contribution is 7.92. The van der Waals surface area contributed by atoms with Gasteiger partial charge >= 0.3 is 0 Å². The molecule has 0 saturated heterocycles. The molecule has 0 saturated carbocycles. The normalized spacial score (nSPS) is 11.4. The number of nitrogens with one attached hydrogen (secondary N) is 1. The summed E-state index contributed by atoms with van der Waals surface area (Å²) in [6.45, 7) is 0. The molecular weight excluding hydrogens is 452 g/mol. The lowest BCUT2D eigenvalue weighted by molar-refractivity contribution is 0.601. The van der Waals surface area contributed by atoms with E-state index in [-0.39, 0.29) is 21.8 Å². The zero-order valence-corrected chi connectivity index (χ0v) is 18.5. The number of aromatic nitrogens is 2. The molecule has 0 bridgehead atoms. The van der Waals surface area contributed by atoms with Crippen molar-refractivity contribution in [3.05, 3.63) is 118 Å². The van der Waals surface area contributed by atoms with Crippen molar-refractivity contribution in [1.82, 2.24) is 9.36 Å². The van der Waals surface area contributed by atoms with E-state index in [9.17, 15) is 18.1 Å². The van der Waals surface area contributed by atoms with Gasteiger partial charge in [0, 0.05) is 5.69 Å². The van der Waals surface area contributed by atoms with E-state index in [2.05, 4.69) is 9.90 Å². The van der Waals surface area contributed by atoms with Gasteiger partial charge in [0.1, 0.15) is 10.6 Å². The molecule has 9 heteroatoms. The van der Waals surface area contributed by atoms with Crippen LogP contribution in [0.15, 0.2) is 118 Å². The number of fused-ring (bicyclic) bond motifs is 1. The second kappa shape index (κ2) is 8.45. The molecule has 4 aromatic carbocycles. The van der Waals surface area contributed by atoms with Gasteiger partial charge < -0.3 is 0 Å². The number of hydrogen-bond donors (Lipinski definition) is 1. The lowest BCUT2D eigenvalue weighted by Gasteiger charge is -2.13. The van der Waals surface area contributed by atoms with Crippen LogP contribution < -0.4 is 10.3 Å². The number of sulfonamides is 1. The van der Waals surface area contributed by atoms with Crippen LogP contribution in [0.2, 0.25) is 0 Å². The minimum atomic E-state index is -4.10. The molecule has 0 fully saturated rings. The summed E-state index contributed by atoms with van der Waals surface area (Å²) >= 11 is 0. The molecule has 8 nitrogen and oxygen atoms in total. The molecule has 0 radical (unpaired) electrons. The van der Waals surface area contributed by atoms with Crippen molar-refractivity contribution in [3.63, 3.8) is 0 Å². The van der Waals surface area contributed by atoms with Crippen LogP contribution in [0.3, 0.4) is 0 Å². The van der Waals surface area contributed by atoms with Crippen LogP contribution in [0, 0.1) is 4.91 Å². The van der Waals surface area contributed by atoms with Crippen molar-refractivity contribution in [1.29, 1.82) is 0 Å². The molecular formula is C25H18N4O4S. The summed E-state index contributed by atoms with van der Waals surface area (Å²) in [5.41, 5.74) is 1.74. The topological polar surface area (TPSA) is 103 Å². The molecule has 0 atom stereocenters. The number of nitrogens with zero attached hydrogens (tertiary/aromatic N) is 3. The summed E-state index contributed by atoms with van der Waals surface area (Å²) < 4.78 is 31.6. The third-order valence-corrected chi connectivity index (χ3v) is 6.78. The fourth-order valence-electron chi connectivity index (χ4n) is 3.86. The van der Waals surface area contributed by atoms with Gasteiger partial charge in [-0.15, -0.1) is 4.91 Å². The summed E-state index contributed by atoms with van der Waals surface area (Å²) in [6, 6.07) is 29.0. The van der Waals surface area contributed by atoms with Gasteiger partial charge in [0.2, 0.25) is 0 Å². The van der Waals surface area contributed by atoms with Crippen LogP contribution in [0.25, 0.3) is 22.3 Å². The quantitative estimate of drug-likeness (QED) is 0.354. The smallest absolute Gasteiger partial charge is 0.279 e. The van der Waals surface area contributed by atoms with Crippen LogP contribution in [0.1, 0.15) is 0 Å². The van der Waals surface area contributed by atoms with Crippen molar-refractivity contribution < 1.29 is 8.42 Å². The zero-order valence-electron chi connectivity index (χ0n) is 17.7. The third kappa shape index (κ3) is 3.67. The van der Waals surface area contributed by atoms with Gasteiger partial charge in [-0.1, -0.05) is 48.5 Å². The zero-order chi connectivity index (χ0) is 23.7. The number of benzene rings is 4. The Labute approximate surface area is 194 Å². The number of hydrogen-bond acceptors (Lipinski definition) is 5. The minimum absolute atomic E-state index is 0.190. The highest BCUT2D eigenvalue weighted by Crippen LogP contribution is 2.28. The molecule has 0 amide bonds. The van der Waals surface area contributed by atoms with Crippen molar-refractivity contribution >= 4 is 32.3 Å². The van der Waals surface area contributed by atoms with E-state index < -0.39 is 10.0 Å². The van der Waals surface area contributed by atoms with Gasteiger partial charge in [0.05, 0.1) is 22.3 Å². The molecule has 0 aliphatic rings. The van der Waals surface area contributed by atoms with Gasteiger partial charge in [-0.05, 0) is 59.8 Å². The molecule has 1 N–H and O–H groups in total. The van der Waals surface area contributed by atoms with Gasteiger partial charge in [-0.3, -0.25) is 9.52 Å². The summed E-state index contributed by atoms with van der Waals surface area (Å²) in [4.78, 5) is 24.3. The Morgan fingerprint density at radius 2 is 1.29 bits per heavy atom. The lowest BCUT2D eigenvalue weighted by atomic mass is 10.2. The molecule has 0 unspecified atom stereocenters. The second-order valence-electron chi connectivity index (χ2n) is 7.50. The third-order valence-electron chi connectivity index (χ3n) is 5.35. The number of para-hydroxylation sites is 2. The number of nitroso groups, excluding NO2 is 1. The Bertz CT molecular complexity index is 1680. The van der Waals surface area contributed by atoms with Crippen molar-refractivity contribution in [3.8, 4) is 11.4 Å². The molecule has 5 rings (SSSR count). The molecule has 0 aliphatic heterocycles. The summed E-state index contributed by atoms with van der Waals surface area (Å²) in [6.07, 6.45) is 0. The molecule has 5 aromatic rings. The van der Waals surface area contributed by atoms with Gasteiger partial charge in [-0.2, -0.15) is 0 Å². The Kier molecular flexibility index (Phi) is 5.31. The predicted octanol–water partition coefficient (Wildman–Crippen LogP) is 4.98. The lowest BCUT2D eigenvalue weighted by Crippen LogP contribution is -2.20. The average molecular weight is 471 g/mol. The molecule has 1 aromatic heterocycles. The van der Waals surface area contributed by atoms with E-state index >= 15 is 0 Å². The van der Waals surface area contributed by atoms with E-state index in [0.717, 1.165) is 5.69 Å². The number of anilines is 1. The molecule has 0 aliphatic carbocycles. The van der Waals surface area contributed by atoms with Crippen LogP contribution in [-0.2, 0) is 10.0 Å². The first-order chi connectivity index (χ1) is 16.5. The maximum atomic E-state index is 13.5. The first-order valence-electron chi connectivity index (χ1n) is 10.3. The number of rotatable bonds is 6. The summed E-state index contributed by atoms with van der Waals surface area (Å²) in [5.74, 6) is 0. The fraction of sp³-hybridized carbons (Fsp3) is 0. The first kappa shape index (κ1) is 21.4. The Balaban J connectivity index is 1.68. The fourth-order valence-corrected chi connectivity index (χ4v) is 5.05. The average Bonchev–Trinajstić information content (AvgIpc) is 3.16. The molecule has 1 heterocycles. The maximum Gasteiger partial charge on any atom is 0.279 e. The van der Waals surface area contributed by atoms with Crippen molar-refractivity contribution in [2.75, 3.05) is 4.72 Å². The standard InChI is InChI=1S/C25H18N4O4S/c30-25-21-17-18(27-34(32,33)24-14-8-7-13-22(24)26-31)15-16-23(21)28(19-9-3-1-4-10-19)29(25)20-11-5-2-6-12-20/h1-17,27H.